The van der Waals surface area contributed by atoms with Crippen molar-refractivity contribution in [3.63, 3.8) is 0 Å². The first-order chi connectivity index (χ1) is 8.11. The zero-order valence-electron chi connectivity index (χ0n) is 9.48. The minimum absolute atomic E-state index is 0.181. The summed E-state index contributed by atoms with van der Waals surface area (Å²) in [4.78, 5) is 4.10. The molecule has 2 aromatic rings. The number of hydrogen-bond donors (Lipinski definition) is 1. The van der Waals surface area contributed by atoms with E-state index in [1.54, 1.807) is 6.92 Å². The molecule has 0 amide bonds. The molecule has 0 aliphatic heterocycles. The van der Waals surface area contributed by atoms with Gasteiger partial charge in [0.05, 0.1) is 5.56 Å². The van der Waals surface area contributed by atoms with E-state index in [4.69, 9.17) is 15.0 Å². The average molecular weight is 237 g/mol. The lowest BCUT2D eigenvalue weighted by Crippen LogP contribution is -1.98. The third-order valence-corrected chi connectivity index (χ3v) is 2.40. The van der Waals surface area contributed by atoms with Gasteiger partial charge in [-0.3, -0.25) is 0 Å². The lowest BCUT2D eigenvalue weighted by atomic mass is 10.2. The summed E-state index contributed by atoms with van der Waals surface area (Å²) >= 11 is 0. The fraction of sp³-hybridized carbons (Fsp3) is 0.273. The molecule has 1 atom stereocenters. The summed E-state index contributed by atoms with van der Waals surface area (Å²) in [5.41, 5.74) is 6.48. The van der Waals surface area contributed by atoms with Gasteiger partial charge in [0.15, 0.2) is 0 Å². The summed E-state index contributed by atoms with van der Waals surface area (Å²) < 4.78 is 23.2. The van der Waals surface area contributed by atoms with Crippen LogP contribution in [0, 0.1) is 5.82 Å². The zero-order valence-corrected chi connectivity index (χ0v) is 9.48. The summed E-state index contributed by atoms with van der Waals surface area (Å²) in [5.74, 6) is 0.167. The van der Waals surface area contributed by atoms with E-state index < -0.39 is 5.82 Å². The van der Waals surface area contributed by atoms with Crippen molar-refractivity contribution in [1.82, 2.24) is 10.1 Å². The van der Waals surface area contributed by atoms with Gasteiger partial charge in [0.25, 0.3) is 5.89 Å². The maximum Gasteiger partial charge on any atom is 0.260 e. The molecular formula is C11H12FN3O2. The van der Waals surface area contributed by atoms with Crippen molar-refractivity contribution in [2.45, 2.75) is 13.0 Å². The van der Waals surface area contributed by atoms with E-state index in [0.717, 1.165) is 0 Å². The summed E-state index contributed by atoms with van der Waals surface area (Å²) in [7, 11) is 1.54. The number of rotatable bonds is 3. The Balaban J connectivity index is 2.40. The third kappa shape index (κ3) is 2.26. The quantitative estimate of drug-likeness (QED) is 0.828. The summed E-state index contributed by atoms with van der Waals surface area (Å²) in [6, 6.07) is 3.98. The Bertz CT molecular complexity index is 527. The van der Waals surface area contributed by atoms with Crippen LogP contribution >= 0.6 is 0 Å². The Morgan fingerprint density at radius 1 is 1.47 bits per heavy atom. The molecule has 5 nitrogen and oxygen atoms in total. The standard InChI is InChI=1S/C11H12FN3O2/c1-6(16-2)10-14-11(17-15-10)8-5-7(12)3-4-9(8)13/h3-6H,13H2,1-2H3. The second-order valence-electron chi connectivity index (χ2n) is 3.57. The van der Waals surface area contributed by atoms with Crippen LogP contribution in [0.3, 0.4) is 0 Å². The highest BCUT2D eigenvalue weighted by Crippen LogP contribution is 2.26. The molecule has 0 saturated carbocycles. The molecular weight excluding hydrogens is 225 g/mol. The van der Waals surface area contributed by atoms with Crippen molar-refractivity contribution in [2.24, 2.45) is 0 Å². The molecule has 0 radical (unpaired) electrons. The van der Waals surface area contributed by atoms with Gasteiger partial charge in [-0.05, 0) is 25.1 Å². The van der Waals surface area contributed by atoms with Crippen LogP contribution in [0.25, 0.3) is 11.5 Å². The minimum Gasteiger partial charge on any atom is -0.398 e. The number of methoxy groups -OCH3 is 1. The predicted octanol–water partition coefficient (Wildman–Crippen LogP) is 2.17. The van der Waals surface area contributed by atoms with Crippen LogP contribution in [-0.4, -0.2) is 17.3 Å². The minimum atomic E-state index is -0.409. The van der Waals surface area contributed by atoms with Gasteiger partial charge in [0.1, 0.15) is 11.9 Å². The van der Waals surface area contributed by atoms with Crippen LogP contribution in [0.15, 0.2) is 22.7 Å². The number of hydrogen-bond acceptors (Lipinski definition) is 5. The first-order valence-electron chi connectivity index (χ1n) is 5.03. The molecule has 0 spiro atoms. The number of anilines is 1. The number of benzene rings is 1. The molecule has 0 bridgehead atoms. The van der Waals surface area contributed by atoms with Gasteiger partial charge in [-0.25, -0.2) is 4.39 Å². The van der Waals surface area contributed by atoms with Crippen LogP contribution in [-0.2, 0) is 4.74 Å². The van der Waals surface area contributed by atoms with Crippen molar-refractivity contribution in [1.29, 1.82) is 0 Å². The third-order valence-electron chi connectivity index (χ3n) is 2.40. The molecule has 2 N–H and O–H groups in total. The highest BCUT2D eigenvalue weighted by atomic mass is 19.1. The largest absolute Gasteiger partial charge is 0.398 e. The number of halogens is 1. The Hall–Kier alpha value is -1.95. The van der Waals surface area contributed by atoms with Crippen molar-refractivity contribution in [3.05, 3.63) is 29.8 Å². The van der Waals surface area contributed by atoms with Gasteiger partial charge in [-0.1, -0.05) is 5.16 Å². The van der Waals surface area contributed by atoms with Crippen molar-refractivity contribution in [3.8, 4) is 11.5 Å². The Kier molecular flexibility index (Phi) is 3.06. The maximum atomic E-state index is 13.1. The second-order valence-corrected chi connectivity index (χ2v) is 3.57. The van der Waals surface area contributed by atoms with Crippen LogP contribution in [0.1, 0.15) is 18.9 Å². The summed E-state index contributed by atoms with van der Waals surface area (Å²) in [6.45, 7) is 1.78. The second kappa shape index (κ2) is 4.50. The van der Waals surface area contributed by atoms with Crippen LogP contribution < -0.4 is 5.73 Å². The van der Waals surface area contributed by atoms with Crippen LogP contribution in [0.2, 0.25) is 0 Å². The summed E-state index contributed by atoms with van der Waals surface area (Å²) in [5, 5.41) is 3.74. The molecule has 0 aliphatic carbocycles. The first kappa shape index (κ1) is 11.5. The van der Waals surface area contributed by atoms with E-state index >= 15 is 0 Å². The van der Waals surface area contributed by atoms with Gasteiger partial charge < -0.3 is 15.0 Å². The van der Waals surface area contributed by atoms with E-state index in [-0.39, 0.29) is 12.0 Å². The van der Waals surface area contributed by atoms with Gasteiger partial charge >= 0.3 is 0 Å². The number of nitrogen functional groups attached to an aromatic ring is 1. The highest BCUT2D eigenvalue weighted by molar-refractivity contribution is 5.70. The number of nitrogens with two attached hydrogens (primary N) is 1. The molecule has 0 saturated heterocycles. The summed E-state index contributed by atoms with van der Waals surface area (Å²) in [6.07, 6.45) is -0.290. The van der Waals surface area contributed by atoms with E-state index in [1.807, 2.05) is 0 Å². The zero-order chi connectivity index (χ0) is 12.4. The fourth-order valence-electron chi connectivity index (χ4n) is 1.33. The predicted molar refractivity (Wildman–Crippen MR) is 59.5 cm³/mol. The number of aromatic nitrogens is 2. The van der Waals surface area contributed by atoms with Crippen LogP contribution in [0.4, 0.5) is 10.1 Å². The van der Waals surface area contributed by atoms with E-state index in [9.17, 15) is 4.39 Å². The molecule has 1 unspecified atom stereocenters. The molecule has 1 aromatic heterocycles. The molecule has 90 valence electrons. The van der Waals surface area contributed by atoms with Crippen molar-refractivity contribution >= 4 is 5.69 Å². The van der Waals surface area contributed by atoms with Gasteiger partial charge in [0.2, 0.25) is 5.82 Å². The lowest BCUT2D eigenvalue weighted by Gasteiger charge is -2.01. The normalized spacial score (nSPS) is 12.6. The monoisotopic (exact) mass is 237 g/mol. The average Bonchev–Trinajstić information content (AvgIpc) is 2.80. The molecule has 2 rings (SSSR count). The van der Waals surface area contributed by atoms with E-state index in [2.05, 4.69) is 10.1 Å². The van der Waals surface area contributed by atoms with Gasteiger partial charge in [-0.2, -0.15) is 4.98 Å². The lowest BCUT2D eigenvalue weighted by molar-refractivity contribution is 0.109. The van der Waals surface area contributed by atoms with Crippen molar-refractivity contribution in [2.75, 3.05) is 12.8 Å². The topological polar surface area (TPSA) is 74.2 Å². The van der Waals surface area contributed by atoms with Gasteiger partial charge in [0, 0.05) is 12.8 Å². The Morgan fingerprint density at radius 3 is 2.94 bits per heavy atom. The number of nitrogens with zero attached hydrogens (tertiary/aromatic N) is 2. The highest BCUT2D eigenvalue weighted by Gasteiger charge is 2.16. The molecule has 6 heteroatoms. The Labute approximate surface area is 97.4 Å². The number of ether oxygens (including phenoxy) is 1. The fourth-order valence-corrected chi connectivity index (χ4v) is 1.33. The Morgan fingerprint density at radius 2 is 2.24 bits per heavy atom. The SMILES string of the molecule is COC(C)c1noc(-c2cc(F)ccc2N)n1. The van der Waals surface area contributed by atoms with E-state index in [1.165, 1.54) is 25.3 Å². The maximum absolute atomic E-state index is 13.1. The van der Waals surface area contributed by atoms with E-state index in [0.29, 0.717) is 17.1 Å². The van der Waals surface area contributed by atoms with Gasteiger partial charge in [-0.15, -0.1) is 0 Å². The first-order valence-corrected chi connectivity index (χ1v) is 5.03. The van der Waals surface area contributed by atoms with Crippen molar-refractivity contribution < 1.29 is 13.7 Å². The van der Waals surface area contributed by atoms with Crippen LogP contribution in [0.5, 0.6) is 0 Å². The smallest absolute Gasteiger partial charge is 0.260 e. The molecule has 0 fully saturated rings. The molecule has 1 heterocycles. The molecule has 17 heavy (non-hydrogen) atoms. The molecule has 0 aliphatic rings. The molecule has 1 aromatic carbocycles.